The molecule has 2 N–H and O–H groups in total. The first-order valence-electron chi connectivity index (χ1n) is 16.9. The number of piperidine rings is 1. The number of fused-ring (bicyclic) bond motifs is 1. The fourth-order valence-electron chi connectivity index (χ4n) is 6.60. The Kier molecular flexibility index (Phi) is 9.73. The van der Waals surface area contributed by atoms with E-state index in [4.69, 9.17) is 9.72 Å². The minimum Gasteiger partial charge on any atom is -0.448 e. The number of pyridine rings is 1. The Morgan fingerprint density at radius 1 is 0.902 bits per heavy atom. The molecule has 0 atom stereocenters. The Balaban J connectivity index is 1.15. The highest BCUT2D eigenvalue weighted by molar-refractivity contribution is 5.99. The second-order valence-corrected chi connectivity index (χ2v) is 12.8. The molecule has 5 aromatic rings. The minimum atomic E-state index is -0.966. The van der Waals surface area contributed by atoms with E-state index >= 15 is 0 Å². The lowest BCUT2D eigenvalue weighted by atomic mass is 10.0. The van der Waals surface area contributed by atoms with Crippen LogP contribution in [0.25, 0.3) is 16.7 Å². The summed E-state index contributed by atoms with van der Waals surface area (Å²) in [6, 6.07) is 19.5. The van der Waals surface area contributed by atoms with Crippen LogP contribution in [0, 0.1) is 11.6 Å². The summed E-state index contributed by atoms with van der Waals surface area (Å²) in [4.78, 5) is 42.6. The van der Waals surface area contributed by atoms with E-state index in [1.807, 2.05) is 12.1 Å². The number of amides is 1. The molecule has 13 heteroatoms. The predicted molar refractivity (Wildman–Crippen MR) is 194 cm³/mol. The van der Waals surface area contributed by atoms with Gasteiger partial charge in [-0.15, -0.1) is 0 Å². The summed E-state index contributed by atoms with van der Waals surface area (Å²) in [7, 11) is 2.19. The molecule has 262 valence electrons. The number of hydrogen-bond acceptors (Lipinski definition) is 9. The molecule has 2 aromatic heterocycles. The van der Waals surface area contributed by atoms with Crippen LogP contribution in [0.3, 0.4) is 0 Å². The third-order valence-corrected chi connectivity index (χ3v) is 9.39. The van der Waals surface area contributed by atoms with Crippen LogP contribution in [0.1, 0.15) is 12.8 Å². The second-order valence-electron chi connectivity index (χ2n) is 12.8. The highest BCUT2D eigenvalue weighted by Gasteiger charge is 2.27. The van der Waals surface area contributed by atoms with Crippen LogP contribution in [0.2, 0.25) is 0 Å². The van der Waals surface area contributed by atoms with Gasteiger partial charge in [-0.3, -0.25) is 19.1 Å². The second kappa shape index (κ2) is 14.7. The zero-order valence-electron chi connectivity index (χ0n) is 28.2. The monoisotopic (exact) mass is 692 g/mol. The average Bonchev–Trinajstić information content (AvgIpc) is 3.14. The van der Waals surface area contributed by atoms with E-state index in [-0.39, 0.29) is 23.1 Å². The molecule has 11 nitrogen and oxygen atoms in total. The van der Waals surface area contributed by atoms with Gasteiger partial charge in [-0.1, -0.05) is 12.6 Å². The van der Waals surface area contributed by atoms with E-state index in [9.17, 15) is 18.4 Å². The zero-order valence-corrected chi connectivity index (χ0v) is 28.2. The van der Waals surface area contributed by atoms with Crippen LogP contribution < -0.4 is 25.8 Å². The van der Waals surface area contributed by atoms with E-state index < -0.39 is 23.1 Å². The minimum absolute atomic E-state index is 0.233. The largest absolute Gasteiger partial charge is 0.448 e. The molecule has 0 radical (unpaired) electrons. The number of aromatic nitrogens is 3. The number of piperazine rings is 1. The SMILES string of the molecule is C=CC(=O)Nc1cccc(-n2c(=O)c(Oc3ccc(F)cc3F)cc3cnc(Nc4ccc(N5CCC(N6CCN(C)CC6)CC5)cc4)nc32)c1. The van der Waals surface area contributed by atoms with Gasteiger partial charge in [0.25, 0.3) is 5.56 Å². The van der Waals surface area contributed by atoms with Gasteiger partial charge in [-0.05, 0) is 86.6 Å². The zero-order chi connectivity index (χ0) is 35.5. The Morgan fingerprint density at radius 2 is 1.67 bits per heavy atom. The molecular formula is C38H38F2N8O3. The number of rotatable bonds is 9. The van der Waals surface area contributed by atoms with Gasteiger partial charge in [0, 0.05) is 80.0 Å². The number of likely N-dealkylation sites (N-methyl/N-ethyl adjacent to an activating group) is 1. The number of carbonyl (C=O) groups excluding carboxylic acids is 1. The molecule has 2 aliphatic rings. The number of nitrogens with one attached hydrogen (secondary N) is 2. The predicted octanol–water partition coefficient (Wildman–Crippen LogP) is 5.94. The summed E-state index contributed by atoms with van der Waals surface area (Å²) >= 11 is 0. The van der Waals surface area contributed by atoms with Crippen molar-refractivity contribution in [2.75, 3.05) is 61.8 Å². The molecule has 3 aromatic carbocycles. The number of hydrogen-bond donors (Lipinski definition) is 2. The van der Waals surface area contributed by atoms with E-state index in [1.54, 1.807) is 24.3 Å². The lowest BCUT2D eigenvalue weighted by molar-refractivity contribution is -0.111. The highest BCUT2D eigenvalue weighted by atomic mass is 19.1. The molecular weight excluding hydrogens is 654 g/mol. The number of halogens is 2. The number of anilines is 4. The molecule has 0 bridgehead atoms. The van der Waals surface area contributed by atoms with Crippen molar-refractivity contribution >= 4 is 40.0 Å². The molecule has 2 aliphatic heterocycles. The Hall–Kier alpha value is -5.66. The Labute approximate surface area is 293 Å². The first kappa shape index (κ1) is 33.8. The number of nitrogens with zero attached hydrogens (tertiary/aromatic N) is 6. The van der Waals surface area contributed by atoms with Crippen LogP contribution in [-0.4, -0.2) is 82.6 Å². The lowest BCUT2D eigenvalue weighted by Crippen LogP contribution is -2.52. The summed E-state index contributed by atoms with van der Waals surface area (Å²) < 4.78 is 35.1. The summed E-state index contributed by atoms with van der Waals surface area (Å²) in [5, 5.41) is 6.34. The summed E-state index contributed by atoms with van der Waals surface area (Å²) in [5.74, 6) is -2.49. The van der Waals surface area contributed by atoms with Gasteiger partial charge in [-0.25, -0.2) is 13.8 Å². The maximum atomic E-state index is 14.5. The van der Waals surface area contributed by atoms with Gasteiger partial charge in [0.1, 0.15) is 5.82 Å². The number of carbonyl (C=O) groups is 1. The third-order valence-electron chi connectivity index (χ3n) is 9.39. The van der Waals surface area contributed by atoms with Crippen molar-refractivity contribution in [2.45, 2.75) is 18.9 Å². The first-order chi connectivity index (χ1) is 24.7. The summed E-state index contributed by atoms with van der Waals surface area (Å²) in [5.41, 5.74) is 2.24. The fourth-order valence-corrected chi connectivity index (χ4v) is 6.60. The van der Waals surface area contributed by atoms with Gasteiger partial charge >= 0.3 is 0 Å². The molecule has 51 heavy (non-hydrogen) atoms. The lowest BCUT2D eigenvalue weighted by Gasteiger charge is -2.42. The van der Waals surface area contributed by atoms with Gasteiger partial charge in [-0.2, -0.15) is 4.98 Å². The van der Waals surface area contributed by atoms with Crippen molar-refractivity contribution in [3.63, 3.8) is 0 Å². The third kappa shape index (κ3) is 7.59. The maximum absolute atomic E-state index is 14.5. The first-order valence-corrected chi connectivity index (χ1v) is 16.9. The molecule has 0 aliphatic carbocycles. The van der Waals surface area contributed by atoms with Gasteiger partial charge in [0.05, 0.1) is 5.69 Å². The van der Waals surface area contributed by atoms with Crippen LogP contribution >= 0.6 is 0 Å². The van der Waals surface area contributed by atoms with Gasteiger partial charge < -0.3 is 25.2 Å². The number of ether oxygens (including phenoxy) is 1. The summed E-state index contributed by atoms with van der Waals surface area (Å²) in [6.07, 6.45) is 4.95. The van der Waals surface area contributed by atoms with Crippen molar-refractivity contribution in [1.82, 2.24) is 24.3 Å². The highest BCUT2D eigenvalue weighted by Crippen LogP contribution is 2.29. The quantitative estimate of drug-likeness (QED) is 0.182. The molecule has 7 rings (SSSR count). The van der Waals surface area contributed by atoms with Crippen molar-refractivity contribution in [3.8, 4) is 17.2 Å². The molecule has 0 saturated carbocycles. The molecule has 0 spiro atoms. The van der Waals surface area contributed by atoms with Crippen LogP contribution in [0.4, 0.5) is 31.8 Å². The van der Waals surface area contributed by atoms with E-state index in [1.165, 1.54) is 16.8 Å². The van der Waals surface area contributed by atoms with E-state index in [0.717, 1.165) is 81.7 Å². The Morgan fingerprint density at radius 3 is 2.39 bits per heavy atom. The van der Waals surface area contributed by atoms with Gasteiger partial charge in [0.2, 0.25) is 11.9 Å². The summed E-state index contributed by atoms with van der Waals surface area (Å²) in [6.45, 7) is 10.0. The molecule has 2 fully saturated rings. The van der Waals surface area contributed by atoms with Crippen molar-refractivity contribution in [1.29, 1.82) is 0 Å². The smallest absolute Gasteiger partial charge is 0.299 e. The molecule has 2 saturated heterocycles. The van der Waals surface area contributed by atoms with E-state index in [2.05, 4.69) is 56.1 Å². The standard InChI is InChI=1S/C38H38F2N8O3/c1-3-35(49)42-28-5-4-6-31(23-28)48-36-25(21-34(37(48)50)51-33-12-7-26(39)22-32(33)40)24-41-38(44-36)43-27-8-10-29(11-9-27)46-15-13-30(14-16-46)47-19-17-45(2)18-20-47/h3-12,21-24,30H,1,13-20H2,2H3,(H,42,49)(H,41,43,44). The van der Waals surface area contributed by atoms with Crippen molar-refractivity contribution in [3.05, 3.63) is 114 Å². The van der Waals surface area contributed by atoms with Crippen LogP contribution in [0.15, 0.2) is 96.4 Å². The normalized spacial score (nSPS) is 15.9. The maximum Gasteiger partial charge on any atom is 0.299 e. The van der Waals surface area contributed by atoms with E-state index in [0.29, 0.717) is 28.9 Å². The van der Waals surface area contributed by atoms with Crippen LogP contribution in [-0.2, 0) is 4.79 Å². The molecule has 0 unspecified atom stereocenters. The number of benzene rings is 3. The van der Waals surface area contributed by atoms with Crippen molar-refractivity contribution in [2.24, 2.45) is 0 Å². The molecule has 4 heterocycles. The average molecular weight is 693 g/mol. The van der Waals surface area contributed by atoms with Crippen molar-refractivity contribution < 1.29 is 18.3 Å². The Bertz CT molecular complexity index is 2130. The topological polar surface area (TPSA) is 108 Å². The van der Waals surface area contributed by atoms with Crippen LogP contribution in [0.5, 0.6) is 11.5 Å². The van der Waals surface area contributed by atoms with Gasteiger partial charge in [0.15, 0.2) is 23.0 Å². The fraction of sp³-hybridized carbons (Fsp3) is 0.263. The molecule has 1 amide bonds.